The molecular weight excluding hydrogens is 350 g/mol. The number of thioether (sulfide) groups is 1. The fraction of sp³-hybridized carbons (Fsp3) is 0.158. The highest BCUT2D eigenvalue weighted by Gasteiger charge is 2.24. The first-order chi connectivity index (χ1) is 12.6. The maximum atomic E-state index is 12.5. The SMILES string of the molecule is O=C(C=Cc1ccccc1[N+](=O)[O-])N1CCSC1=NCc1ccccc1. The monoisotopic (exact) mass is 367 g/mol. The minimum absolute atomic E-state index is 0.0229. The lowest BCUT2D eigenvalue weighted by atomic mass is 10.1. The third-order valence-corrected chi connectivity index (χ3v) is 4.82. The Balaban J connectivity index is 1.72. The molecule has 3 rings (SSSR count). The number of amidine groups is 1. The minimum atomic E-state index is -0.456. The van der Waals surface area contributed by atoms with Crippen LogP contribution < -0.4 is 0 Å². The first kappa shape index (κ1) is 17.9. The van der Waals surface area contributed by atoms with Gasteiger partial charge in [0.15, 0.2) is 5.17 Å². The molecule has 6 nitrogen and oxygen atoms in total. The number of hydrogen-bond acceptors (Lipinski definition) is 5. The van der Waals surface area contributed by atoms with E-state index in [0.29, 0.717) is 23.8 Å². The van der Waals surface area contributed by atoms with Gasteiger partial charge in [-0.2, -0.15) is 0 Å². The maximum Gasteiger partial charge on any atom is 0.276 e. The molecule has 1 fully saturated rings. The van der Waals surface area contributed by atoms with Crippen LogP contribution in [0.4, 0.5) is 5.69 Å². The van der Waals surface area contributed by atoms with Crippen molar-refractivity contribution >= 4 is 34.6 Å². The van der Waals surface area contributed by atoms with Crippen LogP contribution in [0.1, 0.15) is 11.1 Å². The molecule has 7 heteroatoms. The molecule has 0 bridgehead atoms. The van der Waals surface area contributed by atoms with Gasteiger partial charge in [0, 0.05) is 24.4 Å². The van der Waals surface area contributed by atoms with Crippen LogP contribution in [0.2, 0.25) is 0 Å². The van der Waals surface area contributed by atoms with E-state index in [1.807, 2.05) is 30.3 Å². The van der Waals surface area contributed by atoms with E-state index in [-0.39, 0.29) is 11.6 Å². The van der Waals surface area contributed by atoms with Gasteiger partial charge < -0.3 is 0 Å². The molecule has 0 aliphatic carbocycles. The number of nitro benzene ring substituents is 1. The van der Waals surface area contributed by atoms with Crippen LogP contribution in [0.15, 0.2) is 65.7 Å². The second kappa shape index (κ2) is 8.44. The van der Waals surface area contributed by atoms with Crippen LogP contribution in [0.25, 0.3) is 6.08 Å². The summed E-state index contributed by atoms with van der Waals surface area (Å²) in [6.07, 6.45) is 2.85. The minimum Gasteiger partial charge on any atom is -0.287 e. The van der Waals surface area contributed by atoms with Crippen molar-refractivity contribution in [3.05, 3.63) is 81.9 Å². The zero-order valence-corrected chi connectivity index (χ0v) is 14.8. The van der Waals surface area contributed by atoms with Crippen molar-refractivity contribution in [1.29, 1.82) is 0 Å². The molecule has 0 N–H and O–H groups in total. The molecule has 1 heterocycles. The van der Waals surface area contributed by atoms with Crippen LogP contribution in [0.5, 0.6) is 0 Å². The number of rotatable bonds is 5. The van der Waals surface area contributed by atoms with E-state index in [1.54, 1.807) is 34.9 Å². The van der Waals surface area contributed by atoms with Crippen molar-refractivity contribution in [1.82, 2.24) is 4.90 Å². The lowest BCUT2D eigenvalue weighted by Gasteiger charge is -2.13. The largest absolute Gasteiger partial charge is 0.287 e. The lowest BCUT2D eigenvalue weighted by Crippen LogP contribution is -2.30. The van der Waals surface area contributed by atoms with Gasteiger partial charge in [-0.15, -0.1) is 0 Å². The molecule has 26 heavy (non-hydrogen) atoms. The predicted molar refractivity (Wildman–Crippen MR) is 104 cm³/mol. The van der Waals surface area contributed by atoms with Crippen LogP contribution in [0, 0.1) is 10.1 Å². The van der Waals surface area contributed by atoms with E-state index in [9.17, 15) is 14.9 Å². The van der Waals surface area contributed by atoms with Crippen LogP contribution in [-0.4, -0.2) is 33.2 Å². The number of hydrogen-bond donors (Lipinski definition) is 0. The zero-order chi connectivity index (χ0) is 18.4. The highest BCUT2D eigenvalue weighted by atomic mass is 32.2. The summed E-state index contributed by atoms with van der Waals surface area (Å²) in [5.74, 6) is 0.568. The number of benzene rings is 2. The average Bonchev–Trinajstić information content (AvgIpc) is 3.14. The van der Waals surface area contributed by atoms with Gasteiger partial charge in [0.1, 0.15) is 0 Å². The Labute approximate surface area is 155 Å². The first-order valence-electron chi connectivity index (χ1n) is 8.09. The third kappa shape index (κ3) is 4.37. The zero-order valence-electron chi connectivity index (χ0n) is 13.9. The number of carbonyl (C=O) groups excluding carboxylic acids is 1. The van der Waals surface area contributed by atoms with Crippen molar-refractivity contribution in [3.8, 4) is 0 Å². The molecule has 132 valence electrons. The summed E-state index contributed by atoms with van der Waals surface area (Å²) in [6, 6.07) is 16.2. The number of nitrogens with zero attached hydrogens (tertiary/aromatic N) is 3. The fourth-order valence-electron chi connectivity index (χ4n) is 2.53. The van der Waals surface area contributed by atoms with Gasteiger partial charge in [-0.25, -0.2) is 0 Å². The summed E-state index contributed by atoms with van der Waals surface area (Å²) >= 11 is 1.54. The molecule has 0 atom stereocenters. The van der Waals surface area contributed by atoms with Gasteiger partial charge in [0.2, 0.25) is 0 Å². The molecule has 0 radical (unpaired) electrons. The van der Waals surface area contributed by atoms with Crippen LogP contribution in [0.3, 0.4) is 0 Å². The normalized spacial score (nSPS) is 15.7. The van der Waals surface area contributed by atoms with E-state index in [1.165, 1.54) is 18.2 Å². The smallest absolute Gasteiger partial charge is 0.276 e. The van der Waals surface area contributed by atoms with Gasteiger partial charge in [0.25, 0.3) is 11.6 Å². The number of amides is 1. The summed E-state index contributed by atoms with van der Waals surface area (Å²) in [5.41, 5.74) is 1.46. The van der Waals surface area contributed by atoms with Crippen LogP contribution >= 0.6 is 11.8 Å². The Morgan fingerprint density at radius 3 is 2.69 bits per heavy atom. The molecule has 0 aromatic heterocycles. The topological polar surface area (TPSA) is 75.8 Å². The van der Waals surface area contributed by atoms with Gasteiger partial charge in [-0.05, 0) is 17.7 Å². The standard InChI is InChI=1S/C19H17N3O3S/c23-18(11-10-16-8-4-5-9-17(16)22(24)25)21-12-13-26-19(21)20-14-15-6-2-1-3-7-15/h1-11H,12-14H2. The summed E-state index contributed by atoms with van der Waals surface area (Å²) in [7, 11) is 0. The second-order valence-corrected chi connectivity index (χ2v) is 6.63. The summed E-state index contributed by atoms with van der Waals surface area (Å²) < 4.78 is 0. The molecule has 0 spiro atoms. The molecule has 1 saturated heterocycles. The van der Waals surface area contributed by atoms with E-state index in [2.05, 4.69) is 4.99 Å². The summed E-state index contributed by atoms with van der Waals surface area (Å²) in [5, 5.41) is 11.7. The second-order valence-electron chi connectivity index (χ2n) is 5.57. The van der Waals surface area contributed by atoms with Gasteiger partial charge in [-0.1, -0.05) is 54.2 Å². The van der Waals surface area contributed by atoms with E-state index < -0.39 is 4.92 Å². The molecule has 0 unspecified atom stereocenters. The van der Waals surface area contributed by atoms with Crippen molar-refractivity contribution < 1.29 is 9.72 Å². The van der Waals surface area contributed by atoms with E-state index in [0.717, 1.165) is 11.3 Å². The molecular formula is C19H17N3O3S. The van der Waals surface area contributed by atoms with Gasteiger partial charge in [-0.3, -0.25) is 24.8 Å². The molecule has 2 aromatic rings. The number of para-hydroxylation sites is 1. The Kier molecular flexibility index (Phi) is 5.80. The lowest BCUT2D eigenvalue weighted by molar-refractivity contribution is -0.385. The predicted octanol–water partition coefficient (Wildman–Crippen LogP) is 3.74. The number of aliphatic imine (C=N–C) groups is 1. The Morgan fingerprint density at radius 1 is 1.19 bits per heavy atom. The molecule has 0 saturated carbocycles. The number of nitro groups is 1. The summed E-state index contributed by atoms with van der Waals surface area (Å²) in [4.78, 5) is 29.2. The van der Waals surface area contributed by atoms with E-state index in [4.69, 9.17) is 0 Å². The molecule has 1 aliphatic heterocycles. The van der Waals surface area contributed by atoms with Crippen molar-refractivity contribution in [2.45, 2.75) is 6.54 Å². The molecule has 2 aromatic carbocycles. The summed E-state index contributed by atoms with van der Waals surface area (Å²) in [6.45, 7) is 1.10. The van der Waals surface area contributed by atoms with Crippen molar-refractivity contribution in [2.75, 3.05) is 12.3 Å². The average molecular weight is 367 g/mol. The Hall–Kier alpha value is -2.93. The third-order valence-electron chi connectivity index (χ3n) is 3.82. The molecule has 1 amide bonds. The van der Waals surface area contributed by atoms with Crippen LogP contribution in [-0.2, 0) is 11.3 Å². The van der Waals surface area contributed by atoms with E-state index >= 15 is 0 Å². The van der Waals surface area contributed by atoms with Crippen molar-refractivity contribution in [2.24, 2.45) is 4.99 Å². The quantitative estimate of drug-likeness (QED) is 0.458. The maximum absolute atomic E-state index is 12.5. The highest BCUT2D eigenvalue weighted by molar-refractivity contribution is 8.14. The van der Waals surface area contributed by atoms with Crippen molar-refractivity contribution in [3.63, 3.8) is 0 Å². The first-order valence-corrected chi connectivity index (χ1v) is 9.08. The Morgan fingerprint density at radius 2 is 1.92 bits per heavy atom. The van der Waals surface area contributed by atoms with Gasteiger partial charge >= 0.3 is 0 Å². The van der Waals surface area contributed by atoms with Gasteiger partial charge in [0.05, 0.1) is 17.0 Å². The fourth-order valence-corrected chi connectivity index (χ4v) is 3.47. The number of carbonyl (C=O) groups is 1. The molecule has 1 aliphatic rings. The highest BCUT2D eigenvalue weighted by Crippen LogP contribution is 2.22. The Bertz CT molecular complexity index is 865.